The Morgan fingerprint density at radius 1 is 1.45 bits per heavy atom. The van der Waals surface area contributed by atoms with Crippen LogP contribution in [0.2, 0.25) is 0 Å². The summed E-state index contributed by atoms with van der Waals surface area (Å²) in [4.78, 5) is 4.25. The molecule has 0 bridgehead atoms. The summed E-state index contributed by atoms with van der Waals surface area (Å²) in [5.74, 6) is 1.01. The van der Waals surface area contributed by atoms with Crippen molar-refractivity contribution in [3.05, 3.63) is 58.1 Å². The molecule has 0 saturated heterocycles. The normalized spacial score (nSPS) is 10.8. The topological polar surface area (TPSA) is 43.8 Å². The van der Waals surface area contributed by atoms with Crippen LogP contribution < -0.4 is 5.73 Å². The second kappa shape index (κ2) is 6.27. The average Bonchev–Trinajstić information content (AvgIpc) is 2.78. The van der Waals surface area contributed by atoms with Gasteiger partial charge in [0.15, 0.2) is 0 Å². The van der Waals surface area contributed by atoms with Gasteiger partial charge in [-0.05, 0) is 36.6 Å². The Morgan fingerprint density at radius 2 is 2.20 bits per heavy atom. The SMILES string of the molecule is C=C(N)c1cc(Cn2ccnc2C)cc(Br)c1CCC. The zero-order valence-corrected chi connectivity index (χ0v) is 13.6. The van der Waals surface area contributed by atoms with Crippen LogP contribution in [0.4, 0.5) is 0 Å². The van der Waals surface area contributed by atoms with Crippen LogP contribution in [0.15, 0.2) is 35.6 Å². The Balaban J connectivity index is 2.41. The zero-order chi connectivity index (χ0) is 14.7. The number of benzene rings is 1. The van der Waals surface area contributed by atoms with Gasteiger partial charge in [0.2, 0.25) is 0 Å². The number of halogens is 1. The first-order valence-corrected chi connectivity index (χ1v) is 7.56. The van der Waals surface area contributed by atoms with E-state index in [-0.39, 0.29) is 0 Å². The first-order valence-electron chi connectivity index (χ1n) is 6.76. The molecule has 0 atom stereocenters. The number of hydrogen-bond donors (Lipinski definition) is 1. The highest BCUT2D eigenvalue weighted by Gasteiger charge is 2.11. The number of aromatic nitrogens is 2. The van der Waals surface area contributed by atoms with E-state index in [1.807, 2.05) is 19.3 Å². The van der Waals surface area contributed by atoms with Crippen LogP contribution >= 0.6 is 15.9 Å². The number of hydrogen-bond acceptors (Lipinski definition) is 2. The highest BCUT2D eigenvalue weighted by molar-refractivity contribution is 9.10. The number of nitrogens with zero attached hydrogens (tertiary/aromatic N) is 2. The number of aryl methyl sites for hydroxylation is 1. The molecule has 2 N–H and O–H groups in total. The van der Waals surface area contributed by atoms with E-state index >= 15 is 0 Å². The van der Waals surface area contributed by atoms with E-state index in [4.69, 9.17) is 5.73 Å². The maximum Gasteiger partial charge on any atom is 0.105 e. The fourth-order valence-electron chi connectivity index (χ4n) is 2.34. The standard InChI is InChI=1S/C16H20BrN3/c1-4-5-14-15(11(2)18)8-13(9-16(14)17)10-20-7-6-19-12(20)3/h6-9H,2,4-5,10,18H2,1,3H3. The van der Waals surface area contributed by atoms with Crippen molar-refractivity contribution >= 4 is 21.6 Å². The fourth-order valence-corrected chi connectivity index (χ4v) is 3.05. The highest BCUT2D eigenvalue weighted by atomic mass is 79.9. The van der Waals surface area contributed by atoms with Crippen LogP contribution in [-0.4, -0.2) is 9.55 Å². The van der Waals surface area contributed by atoms with E-state index in [0.29, 0.717) is 5.70 Å². The molecule has 0 saturated carbocycles. The molecular weight excluding hydrogens is 314 g/mol. The predicted molar refractivity (Wildman–Crippen MR) is 87.4 cm³/mol. The van der Waals surface area contributed by atoms with Gasteiger partial charge in [0.25, 0.3) is 0 Å². The highest BCUT2D eigenvalue weighted by Crippen LogP contribution is 2.27. The molecule has 1 heterocycles. The van der Waals surface area contributed by atoms with Crippen molar-refractivity contribution in [3.63, 3.8) is 0 Å². The van der Waals surface area contributed by atoms with Crippen LogP contribution in [0.25, 0.3) is 5.70 Å². The molecule has 0 aliphatic rings. The Bertz CT molecular complexity index is 629. The van der Waals surface area contributed by atoms with Crippen molar-refractivity contribution in [2.75, 3.05) is 0 Å². The average molecular weight is 334 g/mol. The fraction of sp³-hybridized carbons (Fsp3) is 0.312. The number of rotatable bonds is 5. The quantitative estimate of drug-likeness (QED) is 0.902. The maximum atomic E-state index is 5.95. The van der Waals surface area contributed by atoms with Crippen molar-refractivity contribution in [1.29, 1.82) is 0 Å². The monoisotopic (exact) mass is 333 g/mol. The summed E-state index contributed by atoms with van der Waals surface area (Å²) >= 11 is 3.67. The van der Waals surface area contributed by atoms with Gasteiger partial charge in [0.1, 0.15) is 5.82 Å². The summed E-state index contributed by atoms with van der Waals surface area (Å²) in [7, 11) is 0. The molecule has 2 aromatic rings. The zero-order valence-electron chi connectivity index (χ0n) is 12.0. The minimum absolute atomic E-state index is 0.623. The summed E-state index contributed by atoms with van der Waals surface area (Å²) in [6, 6.07) is 4.30. The molecule has 0 unspecified atom stereocenters. The van der Waals surface area contributed by atoms with Crippen molar-refractivity contribution in [2.24, 2.45) is 5.73 Å². The summed E-state index contributed by atoms with van der Waals surface area (Å²) in [5, 5.41) is 0. The van der Waals surface area contributed by atoms with Gasteiger partial charge in [-0.2, -0.15) is 0 Å². The van der Waals surface area contributed by atoms with Crippen molar-refractivity contribution in [2.45, 2.75) is 33.2 Å². The Hall–Kier alpha value is -1.55. The van der Waals surface area contributed by atoms with Crippen molar-refractivity contribution in [1.82, 2.24) is 9.55 Å². The lowest BCUT2D eigenvalue weighted by atomic mass is 9.98. The largest absolute Gasteiger partial charge is 0.399 e. The molecule has 0 aliphatic heterocycles. The molecule has 20 heavy (non-hydrogen) atoms. The number of nitrogens with two attached hydrogens (primary N) is 1. The van der Waals surface area contributed by atoms with Gasteiger partial charge in [-0.15, -0.1) is 0 Å². The third kappa shape index (κ3) is 3.12. The summed E-state index contributed by atoms with van der Waals surface area (Å²) in [6.07, 6.45) is 5.88. The maximum absolute atomic E-state index is 5.95. The second-order valence-corrected chi connectivity index (χ2v) is 5.84. The van der Waals surface area contributed by atoms with Crippen molar-refractivity contribution in [3.8, 4) is 0 Å². The summed E-state index contributed by atoms with van der Waals surface area (Å²) in [5.41, 5.74) is 10.1. The molecule has 0 fully saturated rings. The predicted octanol–water partition coefficient (Wildman–Crippen LogP) is 3.88. The Labute approximate surface area is 128 Å². The second-order valence-electron chi connectivity index (χ2n) is 4.98. The first-order chi connectivity index (χ1) is 9.52. The van der Waals surface area contributed by atoms with Gasteiger partial charge in [0, 0.05) is 34.7 Å². The van der Waals surface area contributed by atoms with Gasteiger partial charge in [0.05, 0.1) is 0 Å². The smallest absolute Gasteiger partial charge is 0.105 e. The molecule has 1 aromatic carbocycles. The summed E-state index contributed by atoms with van der Waals surface area (Å²) in [6.45, 7) is 8.86. The van der Waals surface area contributed by atoms with Gasteiger partial charge in [-0.1, -0.05) is 35.9 Å². The van der Waals surface area contributed by atoms with E-state index in [9.17, 15) is 0 Å². The molecule has 106 valence electrons. The lowest BCUT2D eigenvalue weighted by Crippen LogP contribution is -2.06. The van der Waals surface area contributed by atoms with Crippen LogP contribution in [0, 0.1) is 6.92 Å². The van der Waals surface area contributed by atoms with E-state index in [2.05, 4.69) is 51.1 Å². The molecule has 0 radical (unpaired) electrons. The van der Waals surface area contributed by atoms with Gasteiger partial charge >= 0.3 is 0 Å². The molecular formula is C16H20BrN3. The van der Waals surface area contributed by atoms with E-state index in [1.54, 1.807) is 0 Å². The van der Waals surface area contributed by atoms with Gasteiger partial charge < -0.3 is 10.3 Å². The molecule has 0 aliphatic carbocycles. The summed E-state index contributed by atoms with van der Waals surface area (Å²) < 4.78 is 3.22. The van der Waals surface area contributed by atoms with E-state index in [1.165, 1.54) is 11.1 Å². The molecule has 1 aromatic heterocycles. The molecule has 0 amide bonds. The third-order valence-corrected chi connectivity index (χ3v) is 4.09. The Morgan fingerprint density at radius 3 is 2.75 bits per heavy atom. The van der Waals surface area contributed by atoms with Gasteiger partial charge in [-0.3, -0.25) is 0 Å². The molecule has 4 heteroatoms. The minimum atomic E-state index is 0.623. The molecule has 0 spiro atoms. The van der Waals surface area contributed by atoms with E-state index in [0.717, 1.165) is 35.2 Å². The van der Waals surface area contributed by atoms with Crippen LogP contribution in [-0.2, 0) is 13.0 Å². The lowest BCUT2D eigenvalue weighted by molar-refractivity contribution is 0.760. The van der Waals surface area contributed by atoms with E-state index < -0.39 is 0 Å². The van der Waals surface area contributed by atoms with Crippen LogP contribution in [0.3, 0.4) is 0 Å². The molecule has 2 rings (SSSR count). The molecule has 3 nitrogen and oxygen atoms in total. The van der Waals surface area contributed by atoms with Crippen molar-refractivity contribution < 1.29 is 0 Å². The number of imidazole rings is 1. The van der Waals surface area contributed by atoms with Crippen LogP contribution in [0.1, 0.15) is 35.9 Å². The van der Waals surface area contributed by atoms with Crippen LogP contribution in [0.5, 0.6) is 0 Å². The minimum Gasteiger partial charge on any atom is -0.399 e. The third-order valence-electron chi connectivity index (χ3n) is 3.38. The first kappa shape index (κ1) is 14.9. The lowest BCUT2D eigenvalue weighted by Gasteiger charge is -2.14. The van der Waals surface area contributed by atoms with Gasteiger partial charge in [-0.25, -0.2) is 4.98 Å². The Kier molecular flexibility index (Phi) is 4.65.